The molecule has 2 rings (SSSR count). The second-order valence-corrected chi connectivity index (χ2v) is 4.52. The van der Waals surface area contributed by atoms with Crippen LogP contribution < -0.4 is 5.56 Å². The second-order valence-electron chi connectivity index (χ2n) is 4.52. The minimum Gasteiger partial charge on any atom is -0.329 e. The van der Waals surface area contributed by atoms with E-state index < -0.39 is 0 Å². The predicted molar refractivity (Wildman–Crippen MR) is 75.9 cm³/mol. The number of H-pyrrole nitrogens is 1. The van der Waals surface area contributed by atoms with Crippen LogP contribution >= 0.6 is 0 Å². The quantitative estimate of drug-likeness (QED) is 0.876. The van der Waals surface area contributed by atoms with Gasteiger partial charge in [0.25, 0.3) is 5.56 Å². The molecule has 0 amide bonds. The molecule has 92 valence electrons. The van der Waals surface area contributed by atoms with E-state index in [1.165, 1.54) is 5.56 Å². The molecule has 0 aliphatic carbocycles. The van der Waals surface area contributed by atoms with Gasteiger partial charge in [-0.3, -0.25) is 4.79 Å². The van der Waals surface area contributed by atoms with Gasteiger partial charge in [0, 0.05) is 11.8 Å². The van der Waals surface area contributed by atoms with Gasteiger partial charge in [0.2, 0.25) is 0 Å². The molecule has 0 aliphatic rings. The Kier molecular flexibility index (Phi) is 3.47. The maximum absolute atomic E-state index is 11.5. The van der Waals surface area contributed by atoms with Crippen LogP contribution in [0.15, 0.2) is 41.8 Å². The lowest BCUT2D eigenvalue weighted by Gasteiger charge is -2.08. The summed E-state index contributed by atoms with van der Waals surface area (Å²) in [4.78, 5) is 14.3. The van der Waals surface area contributed by atoms with Crippen LogP contribution in [0.3, 0.4) is 0 Å². The molecule has 2 nitrogen and oxygen atoms in total. The molecule has 0 atom stereocenters. The van der Waals surface area contributed by atoms with Crippen molar-refractivity contribution in [1.29, 1.82) is 0 Å². The summed E-state index contributed by atoms with van der Waals surface area (Å²) in [7, 11) is 0. The minimum absolute atomic E-state index is 0.00362. The Morgan fingerprint density at radius 3 is 2.78 bits per heavy atom. The summed E-state index contributed by atoms with van der Waals surface area (Å²) in [6, 6.07) is 8.27. The topological polar surface area (TPSA) is 32.9 Å². The number of hydrogen-bond acceptors (Lipinski definition) is 1. The third-order valence-electron chi connectivity index (χ3n) is 3.34. The van der Waals surface area contributed by atoms with Crippen molar-refractivity contribution in [3.8, 4) is 0 Å². The summed E-state index contributed by atoms with van der Waals surface area (Å²) in [5, 5.41) is 0. The van der Waals surface area contributed by atoms with Crippen LogP contribution in [-0.2, 0) is 6.42 Å². The first-order chi connectivity index (χ1) is 8.61. The molecular weight excluding hydrogens is 222 g/mol. The molecule has 1 N–H and O–H groups in total. The van der Waals surface area contributed by atoms with Crippen molar-refractivity contribution in [2.24, 2.45) is 0 Å². The van der Waals surface area contributed by atoms with Crippen LogP contribution in [0.5, 0.6) is 0 Å². The Morgan fingerprint density at radius 1 is 1.28 bits per heavy atom. The van der Waals surface area contributed by atoms with Crippen molar-refractivity contribution < 1.29 is 0 Å². The highest BCUT2D eigenvalue weighted by Crippen LogP contribution is 2.15. The lowest BCUT2D eigenvalue weighted by atomic mass is 9.99. The number of pyridine rings is 1. The molecule has 0 saturated heterocycles. The Hall–Kier alpha value is -2.09. The Balaban J connectivity index is 2.37. The van der Waals surface area contributed by atoms with Gasteiger partial charge in [-0.05, 0) is 42.5 Å². The smallest absolute Gasteiger partial charge is 0.251 e. The van der Waals surface area contributed by atoms with Gasteiger partial charge >= 0.3 is 0 Å². The molecule has 18 heavy (non-hydrogen) atoms. The van der Waals surface area contributed by atoms with Gasteiger partial charge in [-0.25, -0.2) is 0 Å². The Morgan fingerprint density at radius 2 is 2.06 bits per heavy atom. The number of benzene rings is 1. The molecule has 1 aromatic heterocycles. The standard InChI is InChI=1S/C16H17NO/c1-4-13-6-5-7-14(8-13)9-15-10-17-16(18)12(3)11(15)2/h4-8,10H,1,9H2,2-3H3,(H,17,18). The van der Waals surface area contributed by atoms with Gasteiger partial charge < -0.3 is 4.98 Å². The maximum atomic E-state index is 11.5. The van der Waals surface area contributed by atoms with Crippen LogP contribution in [0.4, 0.5) is 0 Å². The van der Waals surface area contributed by atoms with E-state index in [4.69, 9.17) is 0 Å². The van der Waals surface area contributed by atoms with Gasteiger partial charge in [0.15, 0.2) is 0 Å². The summed E-state index contributed by atoms with van der Waals surface area (Å²) in [6.07, 6.45) is 4.48. The second kappa shape index (κ2) is 5.05. The van der Waals surface area contributed by atoms with Crippen molar-refractivity contribution in [3.05, 3.63) is 75.2 Å². The molecule has 0 radical (unpaired) electrons. The highest BCUT2D eigenvalue weighted by atomic mass is 16.1. The molecular formula is C16H17NO. The van der Waals surface area contributed by atoms with Gasteiger partial charge in [0.1, 0.15) is 0 Å². The highest BCUT2D eigenvalue weighted by molar-refractivity contribution is 5.48. The van der Waals surface area contributed by atoms with Crippen LogP contribution in [0.2, 0.25) is 0 Å². The fourth-order valence-corrected chi connectivity index (χ4v) is 2.01. The van der Waals surface area contributed by atoms with Crippen molar-refractivity contribution >= 4 is 6.08 Å². The Labute approximate surface area is 107 Å². The molecule has 0 saturated carbocycles. The largest absolute Gasteiger partial charge is 0.329 e. The van der Waals surface area contributed by atoms with Gasteiger partial charge in [-0.1, -0.05) is 36.9 Å². The van der Waals surface area contributed by atoms with Crippen molar-refractivity contribution in [2.45, 2.75) is 20.3 Å². The zero-order chi connectivity index (χ0) is 13.1. The monoisotopic (exact) mass is 239 g/mol. The minimum atomic E-state index is -0.00362. The average Bonchev–Trinajstić information content (AvgIpc) is 2.40. The third kappa shape index (κ3) is 2.43. The van der Waals surface area contributed by atoms with E-state index in [2.05, 4.69) is 23.7 Å². The first kappa shape index (κ1) is 12.4. The number of aromatic nitrogens is 1. The lowest BCUT2D eigenvalue weighted by Crippen LogP contribution is -2.12. The first-order valence-electron chi connectivity index (χ1n) is 6.01. The summed E-state index contributed by atoms with van der Waals surface area (Å²) in [5.74, 6) is 0. The molecule has 2 heteroatoms. The molecule has 0 bridgehead atoms. The van der Waals surface area contributed by atoms with Crippen LogP contribution in [0, 0.1) is 13.8 Å². The van der Waals surface area contributed by atoms with E-state index in [9.17, 15) is 4.79 Å². The fourth-order valence-electron chi connectivity index (χ4n) is 2.01. The first-order valence-corrected chi connectivity index (χ1v) is 6.01. The van der Waals surface area contributed by atoms with Gasteiger partial charge in [-0.2, -0.15) is 0 Å². The number of rotatable bonds is 3. The highest BCUT2D eigenvalue weighted by Gasteiger charge is 2.05. The fraction of sp³-hybridized carbons (Fsp3) is 0.188. The van der Waals surface area contributed by atoms with Crippen LogP contribution in [0.25, 0.3) is 6.08 Å². The molecule has 0 unspecified atom stereocenters. The zero-order valence-corrected chi connectivity index (χ0v) is 10.8. The number of hydrogen-bond donors (Lipinski definition) is 1. The molecule has 0 aliphatic heterocycles. The van der Waals surface area contributed by atoms with E-state index in [-0.39, 0.29) is 5.56 Å². The normalized spacial score (nSPS) is 10.3. The Bertz CT molecular complexity index is 638. The third-order valence-corrected chi connectivity index (χ3v) is 3.34. The van der Waals surface area contributed by atoms with E-state index in [0.29, 0.717) is 0 Å². The predicted octanol–water partition coefficient (Wildman–Crippen LogP) is 3.23. The molecule has 2 aromatic rings. The SMILES string of the molecule is C=Cc1cccc(Cc2c[nH]c(=O)c(C)c2C)c1. The van der Waals surface area contributed by atoms with Gasteiger partial charge in [-0.15, -0.1) is 0 Å². The number of nitrogens with one attached hydrogen (secondary N) is 1. The van der Waals surface area contributed by atoms with Crippen molar-refractivity contribution in [3.63, 3.8) is 0 Å². The summed E-state index contributed by atoms with van der Waals surface area (Å²) in [6.45, 7) is 7.63. The molecule has 1 aromatic carbocycles. The van der Waals surface area contributed by atoms with E-state index in [1.807, 2.05) is 38.3 Å². The molecule has 0 spiro atoms. The van der Waals surface area contributed by atoms with E-state index >= 15 is 0 Å². The zero-order valence-electron chi connectivity index (χ0n) is 10.8. The van der Waals surface area contributed by atoms with Crippen LogP contribution in [-0.4, -0.2) is 4.98 Å². The van der Waals surface area contributed by atoms with Crippen molar-refractivity contribution in [1.82, 2.24) is 4.98 Å². The van der Waals surface area contributed by atoms with Gasteiger partial charge in [0.05, 0.1) is 0 Å². The summed E-state index contributed by atoms with van der Waals surface area (Å²) in [5.41, 5.74) is 5.37. The van der Waals surface area contributed by atoms with Crippen molar-refractivity contribution in [2.75, 3.05) is 0 Å². The lowest BCUT2D eigenvalue weighted by molar-refractivity contribution is 1.05. The maximum Gasteiger partial charge on any atom is 0.251 e. The summed E-state index contributed by atoms with van der Waals surface area (Å²) >= 11 is 0. The van der Waals surface area contributed by atoms with E-state index in [0.717, 1.165) is 28.7 Å². The molecule has 0 fully saturated rings. The van der Waals surface area contributed by atoms with E-state index in [1.54, 1.807) is 0 Å². The summed E-state index contributed by atoms with van der Waals surface area (Å²) < 4.78 is 0. The molecule has 1 heterocycles. The number of aromatic amines is 1. The average molecular weight is 239 g/mol. The van der Waals surface area contributed by atoms with Crippen LogP contribution in [0.1, 0.15) is 27.8 Å².